The third-order valence-electron chi connectivity index (χ3n) is 5.68. The molecule has 7 heteroatoms. The predicted octanol–water partition coefficient (Wildman–Crippen LogP) is 3.52. The number of nitrogens with one attached hydrogen (secondary N) is 1. The molecule has 2 unspecified atom stereocenters. The van der Waals surface area contributed by atoms with Crippen molar-refractivity contribution in [3.8, 4) is 11.3 Å². The SMILES string of the molecule is CC(=O)CCCC(=O)Nc1ccc(-c2nnc(C(C)O)c3c2CCCC(O)CC3)cc1. The number of fused-ring (bicyclic) bond motifs is 1. The number of anilines is 1. The molecule has 0 saturated carbocycles. The highest BCUT2D eigenvalue weighted by Crippen LogP contribution is 2.32. The number of amides is 1. The van der Waals surface area contributed by atoms with E-state index in [1.54, 1.807) is 6.92 Å². The summed E-state index contributed by atoms with van der Waals surface area (Å²) in [5.74, 6) is -0.0250. The molecule has 1 amide bonds. The van der Waals surface area contributed by atoms with Crippen LogP contribution in [0.3, 0.4) is 0 Å². The van der Waals surface area contributed by atoms with Gasteiger partial charge in [-0.2, -0.15) is 5.10 Å². The van der Waals surface area contributed by atoms with Crippen molar-refractivity contribution < 1.29 is 19.8 Å². The molecule has 166 valence electrons. The lowest BCUT2D eigenvalue weighted by Crippen LogP contribution is -2.17. The molecule has 0 aliphatic heterocycles. The van der Waals surface area contributed by atoms with Crippen molar-refractivity contribution in [1.29, 1.82) is 0 Å². The second kappa shape index (κ2) is 10.6. The molecular weight excluding hydrogens is 394 g/mol. The molecule has 1 heterocycles. The second-order valence-electron chi connectivity index (χ2n) is 8.33. The number of hydrogen-bond acceptors (Lipinski definition) is 6. The Morgan fingerprint density at radius 2 is 1.84 bits per heavy atom. The number of Topliss-reactive ketones (excluding diaryl/α,β-unsaturated/α-hetero) is 1. The Morgan fingerprint density at radius 3 is 2.52 bits per heavy atom. The summed E-state index contributed by atoms with van der Waals surface area (Å²) < 4.78 is 0. The number of aliphatic hydroxyl groups excluding tert-OH is 2. The maximum Gasteiger partial charge on any atom is 0.224 e. The summed E-state index contributed by atoms with van der Waals surface area (Å²) in [7, 11) is 0. The summed E-state index contributed by atoms with van der Waals surface area (Å²) in [4.78, 5) is 23.1. The maximum absolute atomic E-state index is 12.1. The van der Waals surface area contributed by atoms with Crippen molar-refractivity contribution in [1.82, 2.24) is 10.2 Å². The van der Waals surface area contributed by atoms with Crippen LogP contribution < -0.4 is 5.32 Å². The van der Waals surface area contributed by atoms with E-state index in [1.165, 1.54) is 6.92 Å². The van der Waals surface area contributed by atoms with Crippen LogP contribution in [-0.2, 0) is 22.4 Å². The third-order valence-corrected chi connectivity index (χ3v) is 5.68. The predicted molar refractivity (Wildman–Crippen MR) is 119 cm³/mol. The number of benzene rings is 1. The number of ketones is 1. The maximum atomic E-state index is 12.1. The molecule has 2 aromatic rings. The van der Waals surface area contributed by atoms with Crippen molar-refractivity contribution in [3.63, 3.8) is 0 Å². The Hall–Kier alpha value is -2.64. The van der Waals surface area contributed by atoms with E-state index in [4.69, 9.17) is 0 Å². The molecule has 0 radical (unpaired) electrons. The van der Waals surface area contributed by atoms with Crippen LogP contribution in [-0.4, -0.2) is 38.2 Å². The molecule has 0 fully saturated rings. The van der Waals surface area contributed by atoms with Gasteiger partial charge in [0.15, 0.2) is 0 Å². The van der Waals surface area contributed by atoms with Gasteiger partial charge in [0.25, 0.3) is 0 Å². The van der Waals surface area contributed by atoms with E-state index in [0.717, 1.165) is 41.6 Å². The van der Waals surface area contributed by atoms with Crippen LogP contribution >= 0.6 is 0 Å². The number of aromatic nitrogens is 2. The number of nitrogens with zero attached hydrogens (tertiary/aromatic N) is 2. The van der Waals surface area contributed by atoms with Gasteiger partial charge in [0.2, 0.25) is 5.91 Å². The summed E-state index contributed by atoms with van der Waals surface area (Å²) in [6.07, 6.45) is 3.90. The van der Waals surface area contributed by atoms with E-state index < -0.39 is 6.10 Å². The van der Waals surface area contributed by atoms with Gasteiger partial charge in [0.1, 0.15) is 5.78 Å². The lowest BCUT2D eigenvalue weighted by Gasteiger charge is -2.22. The first kappa shape index (κ1) is 23.0. The number of carbonyl (C=O) groups excluding carboxylic acids is 2. The fourth-order valence-electron chi connectivity index (χ4n) is 4.04. The highest BCUT2D eigenvalue weighted by Gasteiger charge is 2.23. The zero-order valence-corrected chi connectivity index (χ0v) is 18.2. The molecule has 0 bridgehead atoms. The van der Waals surface area contributed by atoms with Crippen molar-refractivity contribution in [2.75, 3.05) is 5.32 Å². The van der Waals surface area contributed by atoms with E-state index in [0.29, 0.717) is 43.5 Å². The molecule has 3 rings (SSSR count). The number of hydrogen-bond donors (Lipinski definition) is 3. The van der Waals surface area contributed by atoms with E-state index in [-0.39, 0.29) is 17.8 Å². The molecular formula is C24H31N3O4. The highest BCUT2D eigenvalue weighted by molar-refractivity contribution is 5.91. The van der Waals surface area contributed by atoms with E-state index in [9.17, 15) is 19.8 Å². The Bertz CT molecular complexity index is 925. The molecule has 1 aliphatic rings. The smallest absolute Gasteiger partial charge is 0.224 e. The summed E-state index contributed by atoms with van der Waals surface area (Å²) in [6.45, 7) is 3.21. The monoisotopic (exact) mass is 425 g/mol. The van der Waals surface area contributed by atoms with Gasteiger partial charge in [0, 0.05) is 24.1 Å². The van der Waals surface area contributed by atoms with Crippen LogP contribution in [0.4, 0.5) is 5.69 Å². The van der Waals surface area contributed by atoms with Gasteiger partial charge in [0.05, 0.1) is 23.6 Å². The Balaban J connectivity index is 1.81. The first-order chi connectivity index (χ1) is 14.8. The lowest BCUT2D eigenvalue weighted by atomic mass is 9.88. The Morgan fingerprint density at radius 1 is 1.10 bits per heavy atom. The van der Waals surface area contributed by atoms with Crippen molar-refractivity contribution in [3.05, 3.63) is 41.1 Å². The van der Waals surface area contributed by atoms with Crippen molar-refractivity contribution in [2.45, 2.75) is 77.4 Å². The zero-order valence-electron chi connectivity index (χ0n) is 18.2. The van der Waals surface area contributed by atoms with Crippen LogP contribution in [0.1, 0.15) is 75.3 Å². The van der Waals surface area contributed by atoms with Gasteiger partial charge in [-0.1, -0.05) is 12.1 Å². The second-order valence-corrected chi connectivity index (χ2v) is 8.33. The normalized spacial score (nSPS) is 17.2. The first-order valence-electron chi connectivity index (χ1n) is 11.0. The zero-order chi connectivity index (χ0) is 22.4. The molecule has 2 atom stereocenters. The van der Waals surface area contributed by atoms with Crippen LogP contribution in [0.15, 0.2) is 24.3 Å². The van der Waals surface area contributed by atoms with Gasteiger partial charge in [-0.05, 0) is 75.6 Å². The largest absolute Gasteiger partial charge is 0.393 e. The van der Waals surface area contributed by atoms with Crippen LogP contribution in [0.5, 0.6) is 0 Å². The summed E-state index contributed by atoms with van der Waals surface area (Å²) >= 11 is 0. The van der Waals surface area contributed by atoms with Crippen LogP contribution in [0.2, 0.25) is 0 Å². The fraction of sp³-hybridized carbons (Fsp3) is 0.500. The minimum Gasteiger partial charge on any atom is -0.393 e. The fourth-order valence-corrected chi connectivity index (χ4v) is 4.04. The summed E-state index contributed by atoms with van der Waals surface area (Å²) in [6, 6.07) is 7.49. The quantitative estimate of drug-likeness (QED) is 0.626. The van der Waals surface area contributed by atoms with E-state index in [1.807, 2.05) is 24.3 Å². The van der Waals surface area contributed by atoms with E-state index in [2.05, 4.69) is 15.5 Å². The molecule has 31 heavy (non-hydrogen) atoms. The number of rotatable bonds is 7. The molecule has 7 nitrogen and oxygen atoms in total. The van der Waals surface area contributed by atoms with Crippen LogP contribution in [0, 0.1) is 0 Å². The minimum absolute atomic E-state index is 0.0872. The molecule has 0 saturated heterocycles. The topological polar surface area (TPSA) is 112 Å². The molecule has 1 aliphatic carbocycles. The summed E-state index contributed by atoms with van der Waals surface area (Å²) in [5, 5.41) is 31.8. The molecule has 0 spiro atoms. The van der Waals surface area contributed by atoms with Crippen molar-refractivity contribution in [2.24, 2.45) is 0 Å². The molecule has 1 aromatic heterocycles. The standard InChI is InChI=1S/C24H31N3O4/c1-15(28)5-3-8-22(31)25-18-11-9-17(10-12-18)24-20-7-4-6-19(30)13-14-21(20)23(16(2)29)26-27-24/h9-12,16,19,29-30H,3-8,13-14H2,1-2H3,(H,25,31). The van der Waals surface area contributed by atoms with Crippen molar-refractivity contribution >= 4 is 17.4 Å². The van der Waals surface area contributed by atoms with Gasteiger partial charge >= 0.3 is 0 Å². The first-order valence-corrected chi connectivity index (χ1v) is 11.0. The van der Waals surface area contributed by atoms with Crippen LogP contribution in [0.25, 0.3) is 11.3 Å². The lowest BCUT2D eigenvalue weighted by molar-refractivity contribution is -0.117. The molecule has 3 N–H and O–H groups in total. The average molecular weight is 426 g/mol. The van der Waals surface area contributed by atoms with Gasteiger partial charge < -0.3 is 20.3 Å². The third kappa shape index (κ3) is 6.18. The number of carbonyl (C=O) groups is 2. The van der Waals surface area contributed by atoms with Gasteiger partial charge in [-0.3, -0.25) is 4.79 Å². The highest BCUT2D eigenvalue weighted by atomic mass is 16.3. The minimum atomic E-state index is -0.715. The Labute approximate surface area is 182 Å². The van der Waals surface area contributed by atoms with Gasteiger partial charge in [-0.25, -0.2) is 0 Å². The average Bonchev–Trinajstić information content (AvgIpc) is 2.71. The summed E-state index contributed by atoms with van der Waals surface area (Å²) in [5.41, 5.74) is 5.03. The molecule has 1 aromatic carbocycles. The Kier molecular flexibility index (Phi) is 7.87. The van der Waals surface area contributed by atoms with E-state index >= 15 is 0 Å². The van der Waals surface area contributed by atoms with Gasteiger partial charge in [-0.15, -0.1) is 5.10 Å². The number of aliphatic hydroxyl groups is 2.